The minimum atomic E-state index is -1.16. The zero-order chi connectivity index (χ0) is 33.7. The maximum absolute atomic E-state index is 14.5. The maximum Gasteiger partial charge on any atom is 0.408 e. The molecule has 0 saturated carbocycles. The van der Waals surface area contributed by atoms with Crippen LogP contribution in [0.25, 0.3) is 0 Å². The predicted molar refractivity (Wildman–Crippen MR) is 180 cm³/mol. The number of nitrogens with two attached hydrogens (primary N) is 1. The number of nitrogens with zero attached hydrogens (tertiary/aromatic N) is 1. The molecule has 0 radical (unpaired) electrons. The van der Waals surface area contributed by atoms with E-state index in [1.807, 2.05) is 45.0 Å². The number of halogens is 1. The monoisotopic (exact) mass is 642 g/mol. The molecule has 0 saturated heterocycles. The molecule has 45 heavy (non-hydrogen) atoms. The molecule has 0 aromatic heterocycles. The molecule has 0 aliphatic rings. The Bertz CT molecular complexity index is 1300. The van der Waals surface area contributed by atoms with E-state index in [1.165, 1.54) is 4.90 Å². The van der Waals surface area contributed by atoms with Crippen LogP contribution in [0, 0.1) is 20.8 Å². The molecule has 248 valence electrons. The molecule has 4 amide bonds. The van der Waals surface area contributed by atoms with E-state index in [0.717, 1.165) is 48.8 Å². The van der Waals surface area contributed by atoms with Gasteiger partial charge >= 0.3 is 6.09 Å². The predicted octanol–water partition coefficient (Wildman–Crippen LogP) is 7.29. The molecular formula is C35H51ClN4O5. The molecule has 0 aliphatic carbocycles. The lowest BCUT2D eigenvalue weighted by molar-refractivity contribution is -0.141. The van der Waals surface area contributed by atoms with Crippen LogP contribution in [0.2, 0.25) is 5.02 Å². The smallest absolute Gasteiger partial charge is 0.408 e. The summed E-state index contributed by atoms with van der Waals surface area (Å²) in [6.45, 7) is 13.2. The molecule has 2 aromatic rings. The third kappa shape index (κ3) is 12.4. The number of anilines is 1. The molecule has 0 bridgehead atoms. The van der Waals surface area contributed by atoms with E-state index in [4.69, 9.17) is 22.1 Å². The first-order valence-corrected chi connectivity index (χ1v) is 16.2. The Kier molecular flexibility index (Phi) is 14.9. The van der Waals surface area contributed by atoms with E-state index in [-0.39, 0.29) is 19.4 Å². The summed E-state index contributed by atoms with van der Waals surface area (Å²) < 4.78 is 5.44. The van der Waals surface area contributed by atoms with Gasteiger partial charge in [0, 0.05) is 13.0 Å². The van der Waals surface area contributed by atoms with Crippen LogP contribution in [0.1, 0.15) is 107 Å². The zero-order valence-electron chi connectivity index (χ0n) is 27.9. The van der Waals surface area contributed by atoms with Gasteiger partial charge in [-0.2, -0.15) is 0 Å². The maximum atomic E-state index is 14.5. The lowest BCUT2D eigenvalue weighted by Gasteiger charge is -2.35. The molecular weight excluding hydrogens is 592 g/mol. The van der Waals surface area contributed by atoms with Crippen molar-refractivity contribution in [1.29, 1.82) is 0 Å². The molecule has 2 rings (SSSR count). The Labute approximate surface area is 273 Å². The number of amides is 4. The fourth-order valence-electron chi connectivity index (χ4n) is 5.11. The number of carbonyl (C=O) groups is 4. The van der Waals surface area contributed by atoms with Crippen LogP contribution in [0.5, 0.6) is 0 Å². The van der Waals surface area contributed by atoms with E-state index < -0.39 is 41.5 Å². The van der Waals surface area contributed by atoms with Crippen molar-refractivity contribution in [3.8, 4) is 0 Å². The second-order valence-electron chi connectivity index (χ2n) is 12.7. The van der Waals surface area contributed by atoms with Gasteiger partial charge in [0.05, 0.1) is 10.7 Å². The molecule has 9 nitrogen and oxygen atoms in total. The fourth-order valence-corrected chi connectivity index (χ4v) is 5.38. The van der Waals surface area contributed by atoms with Gasteiger partial charge in [0.1, 0.15) is 17.7 Å². The summed E-state index contributed by atoms with van der Waals surface area (Å²) in [5, 5.41) is 6.02. The number of ether oxygens (including phenoxy) is 1. The molecule has 0 spiro atoms. The summed E-state index contributed by atoms with van der Waals surface area (Å²) in [5.41, 5.74) is 8.28. The third-order valence-corrected chi connectivity index (χ3v) is 7.78. The normalized spacial score (nSPS) is 12.6. The number of para-hydroxylation sites is 1. The van der Waals surface area contributed by atoms with Gasteiger partial charge in [0.15, 0.2) is 0 Å². The molecule has 4 N–H and O–H groups in total. The van der Waals surface area contributed by atoms with Gasteiger partial charge in [-0.05, 0) is 77.1 Å². The fraction of sp³-hybridized carbons (Fsp3) is 0.543. The van der Waals surface area contributed by atoms with E-state index in [9.17, 15) is 19.2 Å². The number of rotatable bonds is 16. The highest BCUT2D eigenvalue weighted by Gasteiger charge is 2.37. The highest BCUT2D eigenvalue weighted by molar-refractivity contribution is 6.34. The van der Waals surface area contributed by atoms with Crippen LogP contribution in [0.3, 0.4) is 0 Å². The van der Waals surface area contributed by atoms with Crippen molar-refractivity contribution in [1.82, 2.24) is 10.2 Å². The van der Waals surface area contributed by atoms with Gasteiger partial charge in [-0.1, -0.05) is 86.5 Å². The Morgan fingerprint density at radius 3 is 2.24 bits per heavy atom. The van der Waals surface area contributed by atoms with Gasteiger partial charge in [0.25, 0.3) is 5.91 Å². The molecule has 0 aliphatic heterocycles. The number of carbonyl (C=O) groups excluding carboxylic acids is 4. The van der Waals surface area contributed by atoms with Crippen molar-refractivity contribution in [3.63, 3.8) is 0 Å². The Balaban J connectivity index is 2.63. The number of aryl methyl sites for hydroxylation is 3. The van der Waals surface area contributed by atoms with Crippen LogP contribution in [0.4, 0.5) is 10.5 Å². The largest absolute Gasteiger partial charge is 0.444 e. The van der Waals surface area contributed by atoms with E-state index in [2.05, 4.69) is 17.6 Å². The Hall–Kier alpha value is -3.59. The highest BCUT2D eigenvalue weighted by atomic mass is 35.5. The van der Waals surface area contributed by atoms with Crippen LogP contribution < -0.4 is 16.4 Å². The summed E-state index contributed by atoms with van der Waals surface area (Å²) in [7, 11) is 0. The van der Waals surface area contributed by atoms with E-state index in [0.29, 0.717) is 22.7 Å². The summed E-state index contributed by atoms with van der Waals surface area (Å²) >= 11 is 6.50. The van der Waals surface area contributed by atoms with Crippen molar-refractivity contribution >= 4 is 41.1 Å². The number of benzene rings is 2. The summed E-state index contributed by atoms with van der Waals surface area (Å²) in [5.74, 6) is -1.56. The zero-order valence-corrected chi connectivity index (χ0v) is 28.7. The summed E-state index contributed by atoms with van der Waals surface area (Å²) in [6.07, 6.45) is 4.82. The summed E-state index contributed by atoms with van der Waals surface area (Å²) in [4.78, 5) is 55.1. The van der Waals surface area contributed by atoms with Gasteiger partial charge in [-0.3, -0.25) is 14.4 Å². The number of alkyl carbamates (subject to hydrolysis) is 1. The molecule has 2 atom stereocenters. The average Bonchev–Trinajstić information content (AvgIpc) is 2.94. The first-order valence-electron chi connectivity index (χ1n) is 15.9. The number of unbranched alkanes of at least 4 members (excludes halogenated alkanes) is 5. The second kappa shape index (κ2) is 17.8. The van der Waals surface area contributed by atoms with Crippen molar-refractivity contribution < 1.29 is 23.9 Å². The Morgan fingerprint density at radius 1 is 0.956 bits per heavy atom. The first-order chi connectivity index (χ1) is 21.1. The van der Waals surface area contributed by atoms with Crippen molar-refractivity contribution in [2.24, 2.45) is 5.73 Å². The number of nitrogens with one attached hydrogen (secondary N) is 2. The number of primary amides is 1. The van der Waals surface area contributed by atoms with Gasteiger partial charge in [-0.15, -0.1) is 0 Å². The van der Waals surface area contributed by atoms with E-state index in [1.54, 1.807) is 32.9 Å². The molecule has 2 unspecified atom stereocenters. The molecule has 0 heterocycles. The van der Waals surface area contributed by atoms with E-state index >= 15 is 0 Å². The summed E-state index contributed by atoms with van der Waals surface area (Å²) in [6, 6.07) is 8.90. The molecule has 2 aromatic carbocycles. The standard InChI is InChI=1S/C35H51ClN4O5/c1-8-9-10-11-12-13-21-40(33(43)28(19-20-29(37)41)38-34(44)45-35(5,6)7)31(26-22-23(2)17-18-24(26)3)32(42)39-30-25(4)15-14-16-27(30)36/h14-18,22,28,31H,8-13,19-21H2,1-7H3,(H2,37,41)(H,38,44)(H,39,42). The topological polar surface area (TPSA) is 131 Å². The first kappa shape index (κ1) is 37.6. The molecule has 0 fully saturated rings. The van der Waals surface area contributed by atoms with Crippen LogP contribution in [0.15, 0.2) is 36.4 Å². The lowest BCUT2D eigenvalue weighted by Crippen LogP contribution is -2.53. The average molecular weight is 643 g/mol. The Morgan fingerprint density at radius 2 is 1.62 bits per heavy atom. The quantitative estimate of drug-likeness (QED) is 0.165. The van der Waals surface area contributed by atoms with Gasteiger partial charge in [-0.25, -0.2) is 4.79 Å². The van der Waals surface area contributed by atoms with Crippen molar-refractivity contribution in [3.05, 3.63) is 63.7 Å². The van der Waals surface area contributed by atoms with Crippen LogP contribution in [-0.4, -0.2) is 46.9 Å². The van der Waals surface area contributed by atoms with Crippen LogP contribution in [-0.2, 0) is 19.1 Å². The van der Waals surface area contributed by atoms with Crippen molar-refractivity contribution in [2.45, 2.75) is 118 Å². The number of hydrogen-bond donors (Lipinski definition) is 3. The highest BCUT2D eigenvalue weighted by Crippen LogP contribution is 2.32. The third-order valence-electron chi connectivity index (χ3n) is 7.46. The van der Waals surface area contributed by atoms with Gasteiger partial charge in [0.2, 0.25) is 11.8 Å². The SMILES string of the molecule is CCCCCCCCN(C(=O)C(CCC(N)=O)NC(=O)OC(C)(C)C)C(C(=O)Nc1c(C)cccc1Cl)c1cc(C)ccc1C. The van der Waals surface area contributed by atoms with Crippen LogP contribution >= 0.6 is 11.6 Å². The minimum absolute atomic E-state index is 0.0504. The van der Waals surface area contributed by atoms with Crippen molar-refractivity contribution in [2.75, 3.05) is 11.9 Å². The van der Waals surface area contributed by atoms with Gasteiger partial charge < -0.3 is 26.0 Å². The number of hydrogen-bond acceptors (Lipinski definition) is 5. The lowest BCUT2D eigenvalue weighted by atomic mass is 9.95. The second-order valence-corrected chi connectivity index (χ2v) is 13.1. The molecule has 10 heteroatoms. The minimum Gasteiger partial charge on any atom is -0.444 e.